The summed E-state index contributed by atoms with van der Waals surface area (Å²) < 4.78 is 0. The van der Waals surface area contributed by atoms with E-state index in [1.54, 1.807) is 31.3 Å². The molecule has 32 heavy (non-hydrogen) atoms. The zero-order valence-corrected chi connectivity index (χ0v) is 18.7. The number of aliphatic imine (C=N–C) groups is 1. The molecule has 1 aromatic rings. The molecule has 0 saturated carbocycles. The fourth-order valence-corrected chi connectivity index (χ4v) is 4.03. The Bertz CT molecular complexity index is 1370. The van der Waals surface area contributed by atoms with Gasteiger partial charge in [0.25, 0.3) is 11.5 Å². The van der Waals surface area contributed by atoms with Crippen molar-refractivity contribution in [2.45, 2.75) is 6.92 Å². The summed E-state index contributed by atoms with van der Waals surface area (Å²) in [6.07, 6.45) is 4.73. The largest absolute Gasteiger partial charge is 0.359 e. The molecule has 0 aliphatic carbocycles. The van der Waals surface area contributed by atoms with Crippen LogP contribution in [0.25, 0.3) is 22.9 Å². The van der Waals surface area contributed by atoms with Gasteiger partial charge in [0.15, 0.2) is 0 Å². The Kier molecular flexibility index (Phi) is 5.67. The van der Waals surface area contributed by atoms with Crippen LogP contribution in [-0.4, -0.2) is 83.4 Å². The fraction of sp³-hybridized carbons (Fsp3) is 0.304. The second kappa shape index (κ2) is 8.43. The van der Waals surface area contributed by atoms with Gasteiger partial charge in [0.1, 0.15) is 0 Å². The Morgan fingerprint density at radius 2 is 1.91 bits per heavy atom. The molecule has 4 heterocycles. The highest BCUT2D eigenvalue weighted by atomic mass is 16.2. The van der Waals surface area contributed by atoms with Crippen LogP contribution >= 0.6 is 0 Å². The van der Waals surface area contributed by atoms with E-state index in [0.717, 1.165) is 11.4 Å². The summed E-state index contributed by atoms with van der Waals surface area (Å²) in [5.74, 6) is -0.110. The Labute approximate surface area is 185 Å². The molecule has 0 aromatic carbocycles. The van der Waals surface area contributed by atoms with Crippen LogP contribution in [0.4, 0.5) is 0 Å². The molecular weight excluding hydrogens is 406 g/mol. The van der Waals surface area contributed by atoms with E-state index in [1.807, 2.05) is 26.1 Å². The Balaban J connectivity index is 2.07. The number of pyridine rings is 1. The molecule has 166 valence electrons. The number of hydrogen-bond donors (Lipinski definition) is 4. The van der Waals surface area contributed by atoms with E-state index >= 15 is 0 Å². The molecule has 4 N–H and O–H groups in total. The number of carbonyl (C=O) groups excluding carboxylic acids is 1. The van der Waals surface area contributed by atoms with Crippen molar-refractivity contribution in [2.24, 2.45) is 4.99 Å². The lowest BCUT2D eigenvalue weighted by molar-refractivity contribution is 0.0785. The molecule has 2 bridgehead atoms. The van der Waals surface area contributed by atoms with Crippen molar-refractivity contribution in [1.82, 2.24) is 24.8 Å². The van der Waals surface area contributed by atoms with Gasteiger partial charge in [-0.25, -0.2) is 0 Å². The first-order chi connectivity index (χ1) is 15.3. The van der Waals surface area contributed by atoms with Gasteiger partial charge in [0.2, 0.25) is 0 Å². The molecule has 9 heteroatoms. The normalized spacial score (nSPS) is 18.4. The van der Waals surface area contributed by atoms with Crippen LogP contribution < -0.4 is 16.1 Å². The average molecular weight is 434 g/mol. The van der Waals surface area contributed by atoms with Gasteiger partial charge in [0.05, 0.1) is 27.9 Å². The van der Waals surface area contributed by atoms with E-state index in [1.165, 1.54) is 6.21 Å². The third kappa shape index (κ3) is 3.82. The van der Waals surface area contributed by atoms with E-state index in [2.05, 4.69) is 24.8 Å². The maximum absolute atomic E-state index is 13.2. The topological polar surface area (TPSA) is 124 Å². The molecule has 0 radical (unpaired) electrons. The lowest BCUT2D eigenvalue weighted by Gasteiger charge is -2.23. The molecule has 0 saturated heterocycles. The lowest BCUT2D eigenvalue weighted by Crippen LogP contribution is -2.37. The number of nitrogens with one attached hydrogen (secondary N) is 4. The van der Waals surface area contributed by atoms with Crippen molar-refractivity contribution in [3.05, 3.63) is 56.2 Å². The minimum atomic E-state index is -0.241. The number of fused-ring (bicyclic) bond motifs is 2. The van der Waals surface area contributed by atoms with Crippen LogP contribution in [0.15, 0.2) is 28.1 Å². The van der Waals surface area contributed by atoms with Crippen LogP contribution in [0.2, 0.25) is 0 Å². The van der Waals surface area contributed by atoms with E-state index in [0.29, 0.717) is 58.3 Å². The third-order valence-corrected chi connectivity index (χ3v) is 5.83. The smallest absolute Gasteiger partial charge is 0.256 e. The summed E-state index contributed by atoms with van der Waals surface area (Å²) in [5.41, 5.74) is 4.48. The Hall–Kier alpha value is -3.72. The minimum absolute atomic E-state index is 0.110. The number of amides is 1. The monoisotopic (exact) mass is 433 g/mol. The van der Waals surface area contributed by atoms with Gasteiger partial charge in [-0.2, -0.15) is 0 Å². The maximum atomic E-state index is 13.2. The van der Waals surface area contributed by atoms with Crippen LogP contribution in [-0.2, 0) is 0 Å². The van der Waals surface area contributed by atoms with E-state index in [4.69, 9.17) is 5.41 Å². The number of rotatable bonds is 1. The van der Waals surface area contributed by atoms with Gasteiger partial charge in [0, 0.05) is 68.3 Å². The van der Waals surface area contributed by atoms with Gasteiger partial charge >= 0.3 is 0 Å². The molecule has 4 rings (SSSR count). The molecule has 0 unspecified atom stereocenters. The lowest BCUT2D eigenvalue weighted by atomic mass is 10.1. The van der Waals surface area contributed by atoms with Crippen molar-refractivity contribution in [3.63, 3.8) is 0 Å². The number of H-pyrrole nitrogens is 3. The number of aromatic nitrogens is 3. The highest BCUT2D eigenvalue weighted by Crippen LogP contribution is 2.16. The molecule has 1 aromatic heterocycles. The Morgan fingerprint density at radius 1 is 1.12 bits per heavy atom. The Morgan fingerprint density at radius 3 is 2.62 bits per heavy atom. The number of aryl methyl sites for hydroxylation is 1. The zero-order chi connectivity index (χ0) is 23.0. The molecule has 0 fully saturated rings. The first-order valence-corrected chi connectivity index (χ1v) is 10.4. The molecule has 9 nitrogen and oxygen atoms in total. The molecule has 0 atom stereocenters. The van der Waals surface area contributed by atoms with E-state index < -0.39 is 0 Å². The molecule has 3 aliphatic heterocycles. The van der Waals surface area contributed by atoms with E-state index in [-0.39, 0.29) is 11.5 Å². The standard InChI is InChI=1S/C23H27N7O2/c1-13-7-16-19(27-13)9-15-14-8-18(26-11-20(14)28-22(15)31)17(10-24)21(25-2)12-29(3)5-6-30(4)23(16)32/h7-11,24,26-27H,5-6,12H2,1-4H3,(H,28,31)/b15-9-,18-17?,24-10?,25-21?. The SMILES string of the molecule is CN=C1CN(C)CCN(C)C(=O)c2cc(C)[nH]c2/C=c2/c3cc([nH]cc-3[nH]c2=O)=C1C=N. The number of nitrogens with zero attached hydrogens (tertiary/aromatic N) is 3. The number of aromatic amines is 3. The quantitative estimate of drug-likeness (QED) is 0.409. The predicted molar refractivity (Wildman–Crippen MR) is 126 cm³/mol. The van der Waals surface area contributed by atoms with Gasteiger partial charge in [-0.1, -0.05) is 0 Å². The number of carbonyl (C=O) groups is 1. The molecular formula is C23H27N7O2. The third-order valence-electron chi connectivity index (χ3n) is 5.83. The summed E-state index contributed by atoms with van der Waals surface area (Å²) in [5, 5.41) is 9.17. The van der Waals surface area contributed by atoms with Crippen LogP contribution in [0.3, 0.4) is 0 Å². The summed E-state index contributed by atoms with van der Waals surface area (Å²) >= 11 is 0. The highest BCUT2D eigenvalue weighted by Gasteiger charge is 2.20. The van der Waals surface area contributed by atoms with Gasteiger partial charge in [-0.05, 0) is 32.2 Å². The van der Waals surface area contributed by atoms with Gasteiger partial charge < -0.3 is 25.3 Å². The van der Waals surface area contributed by atoms with Crippen molar-refractivity contribution in [2.75, 3.05) is 40.8 Å². The molecule has 1 amide bonds. The van der Waals surface area contributed by atoms with Crippen molar-refractivity contribution in [3.8, 4) is 11.3 Å². The maximum Gasteiger partial charge on any atom is 0.256 e. The minimum Gasteiger partial charge on any atom is -0.359 e. The van der Waals surface area contributed by atoms with E-state index in [9.17, 15) is 9.59 Å². The predicted octanol–water partition coefficient (Wildman–Crippen LogP) is 0.162. The van der Waals surface area contributed by atoms with Crippen LogP contribution in [0.1, 0.15) is 21.7 Å². The average Bonchev–Trinajstić information content (AvgIpc) is 3.29. The van der Waals surface area contributed by atoms with Crippen LogP contribution in [0.5, 0.6) is 0 Å². The van der Waals surface area contributed by atoms with Crippen molar-refractivity contribution >= 4 is 29.5 Å². The number of hydrogen-bond acceptors (Lipinski definition) is 5. The highest BCUT2D eigenvalue weighted by molar-refractivity contribution is 6.37. The fourth-order valence-electron chi connectivity index (χ4n) is 4.03. The van der Waals surface area contributed by atoms with Crippen molar-refractivity contribution < 1.29 is 4.79 Å². The summed E-state index contributed by atoms with van der Waals surface area (Å²) in [6.45, 7) is 3.57. The molecule has 0 spiro atoms. The van der Waals surface area contributed by atoms with Gasteiger partial charge in [-0.15, -0.1) is 0 Å². The summed E-state index contributed by atoms with van der Waals surface area (Å²) in [6, 6.07) is 3.67. The van der Waals surface area contributed by atoms with Crippen molar-refractivity contribution in [1.29, 1.82) is 5.41 Å². The number of likely N-dealkylation sites (N-methyl/N-ethyl adjacent to an activating group) is 2. The second-order valence-electron chi connectivity index (χ2n) is 8.16. The second-order valence-corrected chi connectivity index (χ2v) is 8.16. The zero-order valence-electron chi connectivity index (χ0n) is 18.7. The first kappa shape index (κ1) is 21.5. The van der Waals surface area contributed by atoms with Crippen LogP contribution in [0, 0.1) is 12.3 Å². The van der Waals surface area contributed by atoms with Gasteiger partial charge in [-0.3, -0.25) is 19.5 Å². The first-order valence-electron chi connectivity index (χ1n) is 10.4. The molecule has 3 aliphatic rings. The summed E-state index contributed by atoms with van der Waals surface area (Å²) in [7, 11) is 5.44. The summed E-state index contributed by atoms with van der Waals surface area (Å²) in [4.78, 5) is 43.4.